The van der Waals surface area contributed by atoms with Crippen molar-refractivity contribution in [1.29, 1.82) is 0 Å². The number of benzene rings is 1. The van der Waals surface area contributed by atoms with Crippen LogP contribution < -0.4 is 5.32 Å². The second-order valence-electron chi connectivity index (χ2n) is 6.50. The van der Waals surface area contributed by atoms with Crippen LogP contribution in [-0.2, 0) is 18.4 Å². The van der Waals surface area contributed by atoms with Gasteiger partial charge in [-0.1, -0.05) is 12.1 Å². The molecule has 0 saturated carbocycles. The molecule has 0 aliphatic carbocycles. The fourth-order valence-electron chi connectivity index (χ4n) is 3.25. The van der Waals surface area contributed by atoms with Crippen LogP contribution in [0.15, 0.2) is 30.5 Å². The number of hydrogen-bond acceptors (Lipinski definition) is 5. The summed E-state index contributed by atoms with van der Waals surface area (Å²) in [5.41, 5.74) is 1.64. The average Bonchev–Trinajstić information content (AvgIpc) is 3.15. The van der Waals surface area contributed by atoms with E-state index in [1.807, 2.05) is 14.0 Å². The minimum atomic E-state index is -0.340. The molecule has 7 nitrogen and oxygen atoms in total. The number of halogens is 1. The van der Waals surface area contributed by atoms with Crippen LogP contribution in [0.25, 0.3) is 11.0 Å². The molecule has 1 atom stereocenters. The Hall–Kier alpha value is -3.03. The Morgan fingerprint density at radius 1 is 1.27 bits per heavy atom. The summed E-state index contributed by atoms with van der Waals surface area (Å²) in [5.74, 6) is 0.989. The van der Waals surface area contributed by atoms with Gasteiger partial charge in [-0.15, -0.1) is 0 Å². The zero-order chi connectivity index (χ0) is 18.3. The summed E-state index contributed by atoms with van der Waals surface area (Å²) in [5, 5.41) is 8.27. The maximum Gasteiger partial charge on any atom is 0.245 e. The van der Waals surface area contributed by atoms with Gasteiger partial charge in [0.05, 0.1) is 11.6 Å². The van der Waals surface area contributed by atoms with Gasteiger partial charge in [-0.3, -0.25) is 9.48 Å². The van der Waals surface area contributed by atoms with Crippen molar-refractivity contribution >= 4 is 22.8 Å². The second kappa shape index (κ2) is 6.36. The third-order valence-electron chi connectivity index (χ3n) is 4.60. The molecule has 1 fully saturated rings. The molecule has 2 aromatic heterocycles. The highest BCUT2D eigenvalue weighted by molar-refractivity contribution is 5.91. The summed E-state index contributed by atoms with van der Waals surface area (Å²) in [6.07, 6.45) is 2.39. The van der Waals surface area contributed by atoms with E-state index in [0.717, 1.165) is 16.6 Å². The molecule has 1 aliphatic heterocycles. The smallest absolute Gasteiger partial charge is 0.245 e. The van der Waals surface area contributed by atoms with Gasteiger partial charge >= 0.3 is 0 Å². The minimum Gasteiger partial charge on any atom is -0.358 e. The van der Waals surface area contributed by atoms with Crippen molar-refractivity contribution < 1.29 is 9.18 Å². The van der Waals surface area contributed by atoms with E-state index in [-0.39, 0.29) is 17.8 Å². The molecule has 4 rings (SSSR count). The molecule has 0 radical (unpaired) electrons. The van der Waals surface area contributed by atoms with Crippen molar-refractivity contribution in [2.45, 2.75) is 25.9 Å². The maximum absolute atomic E-state index is 13.0. The van der Waals surface area contributed by atoms with E-state index in [4.69, 9.17) is 0 Å². The van der Waals surface area contributed by atoms with Gasteiger partial charge < -0.3 is 10.2 Å². The molecular weight excluding hydrogens is 335 g/mol. The number of aromatic nitrogens is 4. The van der Waals surface area contributed by atoms with Crippen molar-refractivity contribution in [1.82, 2.24) is 24.6 Å². The van der Waals surface area contributed by atoms with E-state index in [2.05, 4.69) is 20.4 Å². The first-order valence-corrected chi connectivity index (χ1v) is 8.47. The number of aryl methyl sites for hydroxylation is 2. The lowest BCUT2D eigenvalue weighted by Crippen LogP contribution is -2.33. The maximum atomic E-state index is 13.0. The third kappa shape index (κ3) is 2.98. The van der Waals surface area contributed by atoms with Crippen LogP contribution in [0, 0.1) is 12.7 Å². The van der Waals surface area contributed by atoms with Gasteiger partial charge in [0.2, 0.25) is 5.91 Å². The largest absolute Gasteiger partial charge is 0.358 e. The van der Waals surface area contributed by atoms with Gasteiger partial charge in [0.25, 0.3) is 0 Å². The lowest BCUT2D eigenvalue weighted by atomic mass is 10.2. The molecule has 26 heavy (non-hydrogen) atoms. The Balaban J connectivity index is 1.51. The number of carbonyl (C=O) groups excluding carboxylic acids is 1. The van der Waals surface area contributed by atoms with Crippen LogP contribution in [0.3, 0.4) is 0 Å². The predicted octanol–water partition coefficient (Wildman–Crippen LogP) is 2.02. The van der Waals surface area contributed by atoms with Gasteiger partial charge in [0.1, 0.15) is 23.5 Å². The summed E-state index contributed by atoms with van der Waals surface area (Å²) in [4.78, 5) is 23.3. The number of amides is 1. The van der Waals surface area contributed by atoms with Crippen LogP contribution in [0.5, 0.6) is 0 Å². The molecule has 0 bridgehead atoms. The normalized spacial score (nSPS) is 17.3. The van der Waals surface area contributed by atoms with E-state index >= 15 is 0 Å². The zero-order valence-electron chi connectivity index (χ0n) is 14.6. The minimum absolute atomic E-state index is 0.0163. The summed E-state index contributed by atoms with van der Waals surface area (Å²) < 4.78 is 14.7. The summed E-state index contributed by atoms with van der Waals surface area (Å²) in [6.45, 7) is 2.94. The van der Waals surface area contributed by atoms with Crippen molar-refractivity contribution in [2.75, 3.05) is 11.9 Å². The van der Waals surface area contributed by atoms with Gasteiger partial charge in [0.15, 0.2) is 5.65 Å². The Kier molecular flexibility index (Phi) is 4.02. The number of fused-ring (bicyclic) bond motifs is 1. The topological polar surface area (TPSA) is 75.9 Å². The van der Waals surface area contributed by atoms with Crippen molar-refractivity contribution in [3.8, 4) is 0 Å². The number of hydrogen-bond donors (Lipinski definition) is 1. The first-order chi connectivity index (χ1) is 12.5. The van der Waals surface area contributed by atoms with Crippen LogP contribution in [0.4, 0.5) is 10.2 Å². The van der Waals surface area contributed by atoms with Crippen LogP contribution >= 0.6 is 0 Å². The molecular formula is C18H19FN6O. The lowest BCUT2D eigenvalue weighted by Gasteiger charge is -2.18. The lowest BCUT2D eigenvalue weighted by molar-refractivity contribution is -0.128. The number of likely N-dealkylation sites (tertiary alicyclic amines) is 1. The van der Waals surface area contributed by atoms with Crippen molar-refractivity contribution in [2.24, 2.45) is 7.05 Å². The summed E-state index contributed by atoms with van der Waals surface area (Å²) in [6, 6.07) is 5.89. The molecule has 3 heterocycles. The first-order valence-electron chi connectivity index (χ1n) is 8.47. The van der Waals surface area contributed by atoms with Crippen LogP contribution in [0.2, 0.25) is 0 Å². The average molecular weight is 354 g/mol. The second-order valence-corrected chi connectivity index (χ2v) is 6.50. The Bertz CT molecular complexity index is 968. The van der Waals surface area contributed by atoms with Gasteiger partial charge in [-0.05, 0) is 31.0 Å². The molecule has 134 valence electrons. The summed E-state index contributed by atoms with van der Waals surface area (Å²) in [7, 11) is 1.82. The van der Waals surface area contributed by atoms with Crippen LogP contribution in [0.1, 0.15) is 17.8 Å². The number of anilines is 1. The highest BCUT2D eigenvalue weighted by atomic mass is 19.1. The van der Waals surface area contributed by atoms with Crippen molar-refractivity contribution in [3.05, 3.63) is 47.7 Å². The Morgan fingerprint density at radius 2 is 2.04 bits per heavy atom. The molecule has 1 aliphatic rings. The number of carbonyl (C=O) groups is 1. The molecule has 1 aromatic carbocycles. The molecule has 1 saturated heterocycles. The standard InChI is InChI=1S/C18H19FN6O/c1-11-21-16(14-9-20-24(2)17(14)22-11)23-15-7-8-25(18(15)26)10-12-3-5-13(19)6-4-12/h3-6,9,15H,7-8,10H2,1-2H3,(H,21,22,23)/t15-/m0/s1. The Labute approximate surface area is 149 Å². The van der Waals surface area contributed by atoms with Crippen molar-refractivity contribution in [3.63, 3.8) is 0 Å². The quantitative estimate of drug-likeness (QED) is 0.776. The molecule has 8 heteroatoms. The molecule has 1 N–H and O–H groups in total. The van der Waals surface area contributed by atoms with E-state index in [0.29, 0.717) is 31.2 Å². The first kappa shape index (κ1) is 16.4. The molecule has 1 amide bonds. The van der Waals surface area contributed by atoms with E-state index in [1.165, 1.54) is 12.1 Å². The van der Waals surface area contributed by atoms with Gasteiger partial charge in [-0.2, -0.15) is 5.10 Å². The predicted molar refractivity (Wildman–Crippen MR) is 94.9 cm³/mol. The zero-order valence-corrected chi connectivity index (χ0v) is 14.6. The van der Waals surface area contributed by atoms with Gasteiger partial charge in [-0.25, -0.2) is 14.4 Å². The Morgan fingerprint density at radius 3 is 2.81 bits per heavy atom. The molecule has 0 spiro atoms. The third-order valence-corrected chi connectivity index (χ3v) is 4.60. The number of nitrogens with one attached hydrogen (secondary N) is 1. The van der Waals surface area contributed by atoms with Gasteiger partial charge in [0, 0.05) is 20.1 Å². The SMILES string of the molecule is Cc1nc(N[C@H]2CCN(Cc3ccc(F)cc3)C2=O)c2cnn(C)c2n1. The number of rotatable bonds is 4. The molecule has 3 aromatic rings. The molecule has 0 unspecified atom stereocenters. The van der Waals surface area contributed by atoms with E-state index in [9.17, 15) is 9.18 Å². The fraction of sp³-hybridized carbons (Fsp3) is 0.333. The van der Waals surface area contributed by atoms with E-state index < -0.39 is 0 Å². The number of nitrogens with zero attached hydrogens (tertiary/aromatic N) is 5. The summed E-state index contributed by atoms with van der Waals surface area (Å²) >= 11 is 0. The monoisotopic (exact) mass is 354 g/mol. The highest BCUT2D eigenvalue weighted by Gasteiger charge is 2.32. The fourth-order valence-corrected chi connectivity index (χ4v) is 3.25. The van der Waals surface area contributed by atoms with E-state index in [1.54, 1.807) is 27.9 Å². The van der Waals surface area contributed by atoms with Crippen LogP contribution in [-0.4, -0.2) is 43.1 Å². The highest BCUT2D eigenvalue weighted by Crippen LogP contribution is 2.24.